The first kappa shape index (κ1) is 25.9. The number of rotatable bonds is 6. The summed E-state index contributed by atoms with van der Waals surface area (Å²) in [5.41, 5.74) is 4.29. The molecule has 3 amide bonds. The van der Waals surface area contributed by atoms with E-state index in [1.165, 1.54) is 6.08 Å². The van der Waals surface area contributed by atoms with Crippen molar-refractivity contribution >= 4 is 40.2 Å². The van der Waals surface area contributed by atoms with Crippen molar-refractivity contribution in [1.82, 2.24) is 19.3 Å². The Kier molecular flexibility index (Phi) is 6.92. The van der Waals surface area contributed by atoms with E-state index in [4.69, 9.17) is 16.3 Å². The number of ether oxygens (including phenoxy) is 1. The molecule has 3 heterocycles. The summed E-state index contributed by atoms with van der Waals surface area (Å²) in [5.74, 6) is 0.544. The van der Waals surface area contributed by atoms with Gasteiger partial charge in [-0.05, 0) is 49.2 Å². The summed E-state index contributed by atoms with van der Waals surface area (Å²) in [7, 11) is 3.42. The standard InChI is InChI=1S/C29H31ClN4O4/c1-5-26(35)33-15-21(16-33)31(3)27(36)17-34-18(2)28(23-13-20(30)9-10-24(23)34)29(37)32-12-11-22-19(14-32)7-6-8-25(22)38-4/h5-10,13,21H,1,11-12,14-17H2,2-4H3. The summed E-state index contributed by atoms with van der Waals surface area (Å²) in [4.78, 5) is 44.2. The van der Waals surface area contributed by atoms with Crippen molar-refractivity contribution in [2.24, 2.45) is 0 Å². The number of carbonyl (C=O) groups is 3. The van der Waals surface area contributed by atoms with Crippen LogP contribution in [0.4, 0.5) is 0 Å². The maximum atomic E-state index is 13.9. The number of benzene rings is 2. The summed E-state index contributed by atoms with van der Waals surface area (Å²) in [5, 5.41) is 1.26. The number of likely N-dealkylation sites (N-methyl/N-ethyl adjacent to an activating group) is 1. The van der Waals surface area contributed by atoms with Gasteiger partial charge in [0.05, 0.1) is 18.7 Å². The van der Waals surface area contributed by atoms with Crippen LogP contribution in [0, 0.1) is 6.92 Å². The van der Waals surface area contributed by atoms with E-state index < -0.39 is 0 Å². The second-order valence-corrected chi connectivity index (χ2v) is 10.3. The highest BCUT2D eigenvalue weighted by atomic mass is 35.5. The van der Waals surface area contributed by atoms with Crippen LogP contribution in [0.1, 0.15) is 27.2 Å². The Morgan fingerprint density at radius 3 is 2.66 bits per heavy atom. The highest BCUT2D eigenvalue weighted by Gasteiger charge is 2.35. The number of nitrogens with zero attached hydrogens (tertiary/aromatic N) is 4. The van der Waals surface area contributed by atoms with Crippen LogP contribution < -0.4 is 4.74 Å². The number of hydrogen-bond acceptors (Lipinski definition) is 4. The molecule has 5 rings (SSSR count). The average molecular weight is 535 g/mol. The van der Waals surface area contributed by atoms with Gasteiger partial charge in [0, 0.05) is 60.4 Å². The van der Waals surface area contributed by atoms with Crippen LogP contribution in [-0.2, 0) is 29.1 Å². The van der Waals surface area contributed by atoms with E-state index in [1.54, 1.807) is 36.1 Å². The molecular weight excluding hydrogens is 504 g/mol. The highest BCUT2D eigenvalue weighted by molar-refractivity contribution is 6.31. The third kappa shape index (κ3) is 4.43. The van der Waals surface area contributed by atoms with Gasteiger partial charge in [-0.1, -0.05) is 30.3 Å². The number of halogens is 1. The van der Waals surface area contributed by atoms with Gasteiger partial charge in [0.15, 0.2) is 0 Å². The molecule has 1 saturated heterocycles. The molecule has 2 aliphatic heterocycles. The van der Waals surface area contributed by atoms with Crippen LogP contribution in [0.15, 0.2) is 49.1 Å². The predicted molar refractivity (Wildman–Crippen MR) is 146 cm³/mol. The number of likely N-dealkylation sites (tertiary alicyclic amines) is 1. The quantitative estimate of drug-likeness (QED) is 0.452. The molecule has 0 radical (unpaired) electrons. The largest absolute Gasteiger partial charge is 0.496 e. The van der Waals surface area contributed by atoms with Crippen LogP contribution >= 0.6 is 11.6 Å². The zero-order chi connectivity index (χ0) is 27.1. The van der Waals surface area contributed by atoms with E-state index in [9.17, 15) is 14.4 Å². The Bertz CT molecular complexity index is 1460. The summed E-state index contributed by atoms with van der Waals surface area (Å²) in [6.07, 6.45) is 1.99. The monoisotopic (exact) mass is 534 g/mol. The first-order valence-electron chi connectivity index (χ1n) is 12.6. The lowest BCUT2D eigenvalue weighted by molar-refractivity contribution is -0.142. The molecule has 2 aromatic carbocycles. The molecule has 38 heavy (non-hydrogen) atoms. The molecule has 198 valence electrons. The van der Waals surface area contributed by atoms with E-state index >= 15 is 0 Å². The van der Waals surface area contributed by atoms with Crippen molar-refractivity contribution in [2.75, 3.05) is 33.8 Å². The van der Waals surface area contributed by atoms with Crippen LogP contribution in [0.5, 0.6) is 5.75 Å². The molecule has 0 atom stereocenters. The van der Waals surface area contributed by atoms with Gasteiger partial charge in [-0.15, -0.1) is 0 Å². The minimum atomic E-state index is -0.131. The Balaban J connectivity index is 1.41. The predicted octanol–water partition coefficient (Wildman–Crippen LogP) is 3.67. The second-order valence-electron chi connectivity index (χ2n) is 9.89. The summed E-state index contributed by atoms with van der Waals surface area (Å²) in [6.45, 7) is 7.51. The maximum absolute atomic E-state index is 13.9. The van der Waals surface area contributed by atoms with Gasteiger partial charge >= 0.3 is 0 Å². The Morgan fingerprint density at radius 2 is 1.95 bits per heavy atom. The number of amides is 3. The van der Waals surface area contributed by atoms with Crippen LogP contribution in [0.3, 0.4) is 0 Å². The van der Waals surface area contributed by atoms with E-state index in [-0.39, 0.29) is 30.3 Å². The minimum Gasteiger partial charge on any atom is -0.496 e. The normalized spacial score (nSPS) is 15.2. The molecule has 1 fully saturated rings. The third-order valence-corrected chi connectivity index (χ3v) is 8.05. The van der Waals surface area contributed by atoms with Gasteiger partial charge in [0.1, 0.15) is 12.3 Å². The van der Waals surface area contributed by atoms with Crippen LogP contribution in [0.2, 0.25) is 5.02 Å². The molecule has 0 bridgehead atoms. The fourth-order valence-corrected chi connectivity index (χ4v) is 5.66. The minimum absolute atomic E-state index is 0.0468. The Hall–Kier alpha value is -3.78. The molecule has 0 spiro atoms. The molecule has 3 aromatic rings. The molecule has 0 aliphatic carbocycles. The van der Waals surface area contributed by atoms with E-state index in [0.29, 0.717) is 43.2 Å². The molecule has 8 nitrogen and oxygen atoms in total. The van der Waals surface area contributed by atoms with Crippen molar-refractivity contribution in [3.05, 3.63) is 76.5 Å². The number of fused-ring (bicyclic) bond motifs is 2. The van der Waals surface area contributed by atoms with Gasteiger partial charge in [0.2, 0.25) is 11.8 Å². The van der Waals surface area contributed by atoms with Crippen molar-refractivity contribution in [1.29, 1.82) is 0 Å². The molecule has 9 heteroatoms. The average Bonchev–Trinajstić information content (AvgIpc) is 3.16. The zero-order valence-electron chi connectivity index (χ0n) is 21.9. The van der Waals surface area contributed by atoms with Crippen molar-refractivity contribution in [2.45, 2.75) is 32.5 Å². The fourth-order valence-electron chi connectivity index (χ4n) is 5.48. The number of methoxy groups -OCH3 is 1. The lowest BCUT2D eigenvalue weighted by Gasteiger charge is -2.43. The van der Waals surface area contributed by atoms with Crippen molar-refractivity contribution in [3.63, 3.8) is 0 Å². The molecule has 0 unspecified atom stereocenters. The molecule has 1 aromatic heterocycles. The Morgan fingerprint density at radius 1 is 1.18 bits per heavy atom. The van der Waals surface area contributed by atoms with Crippen LogP contribution in [-0.4, -0.2) is 76.8 Å². The topological polar surface area (TPSA) is 75.1 Å². The molecule has 0 saturated carbocycles. The zero-order valence-corrected chi connectivity index (χ0v) is 22.6. The molecule has 0 N–H and O–H groups in total. The van der Waals surface area contributed by atoms with E-state index in [0.717, 1.165) is 33.5 Å². The number of hydrogen-bond donors (Lipinski definition) is 0. The lowest BCUT2D eigenvalue weighted by Crippen LogP contribution is -2.61. The first-order valence-corrected chi connectivity index (χ1v) is 13.0. The summed E-state index contributed by atoms with van der Waals surface area (Å²) in [6, 6.07) is 11.3. The lowest BCUT2D eigenvalue weighted by atomic mass is 9.97. The SMILES string of the molecule is C=CC(=O)N1CC(N(C)C(=O)Cn2c(C)c(C(=O)N3CCc4c(cccc4OC)C3)c3cc(Cl)ccc32)C1. The smallest absolute Gasteiger partial charge is 0.256 e. The van der Waals surface area contributed by atoms with Gasteiger partial charge in [0.25, 0.3) is 5.91 Å². The van der Waals surface area contributed by atoms with Crippen molar-refractivity contribution < 1.29 is 19.1 Å². The fraction of sp³-hybridized carbons (Fsp3) is 0.345. The van der Waals surface area contributed by atoms with Gasteiger partial charge in [-0.25, -0.2) is 0 Å². The van der Waals surface area contributed by atoms with Gasteiger partial charge in [-0.2, -0.15) is 0 Å². The van der Waals surface area contributed by atoms with E-state index in [1.807, 2.05) is 40.7 Å². The maximum Gasteiger partial charge on any atom is 0.256 e. The number of aromatic nitrogens is 1. The molecule has 2 aliphatic rings. The van der Waals surface area contributed by atoms with Gasteiger partial charge in [-0.3, -0.25) is 14.4 Å². The second kappa shape index (κ2) is 10.2. The van der Waals surface area contributed by atoms with Crippen molar-refractivity contribution in [3.8, 4) is 5.75 Å². The van der Waals surface area contributed by atoms with Gasteiger partial charge < -0.3 is 24.0 Å². The number of carbonyl (C=O) groups excluding carboxylic acids is 3. The first-order chi connectivity index (χ1) is 18.2. The highest BCUT2D eigenvalue weighted by Crippen LogP contribution is 2.33. The molecular formula is C29H31ClN4O4. The van der Waals surface area contributed by atoms with Crippen LogP contribution in [0.25, 0.3) is 10.9 Å². The van der Waals surface area contributed by atoms with E-state index in [2.05, 4.69) is 6.58 Å². The third-order valence-electron chi connectivity index (χ3n) is 7.81. The Labute approximate surface area is 227 Å². The summed E-state index contributed by atoms with van der Waals surface area (Å²) < 4.78 is 7.41. The summed E-state index contributed by atoms with van der Waals surface area (Å²) >= 11 is 6.36.